The molecule has 4 amide bonds. The Hall–Kier alpha value is -4.46. The fourth-order valence-electron chi connectivity index (χ4n) is 3.56. The number of rotatable bonds is 15. The molecule has 14 nitrogen and oxygen atoms in total. The fraction of sp³-hybridized carbons (Fsp3) is 0.440. The Bertz CT molecular complexity index is 1140. The van der Waals surface area contributed by atoms with Crippen LogP contribution in [-0.4, -0.2) is 73.9 Å². The van der Waals surface area contributed by atoms with Gasteiger partial charge in [0.2, 0.25) is 23.6 Å². The minimum absolute atomic E-state index is 0.0113. The molecule has 0 bridgehead atoms. The standard InChI is InChI=1S/C25H35N7O7/c1-13(2)21(27)24(37)32-18(9-14-3-5-16(33)6-4-14)22(35)31-19(10-15-11-28-12-29-15)23(36)30-17(25(38)39)7-8-20(26)34/h3-6,11-13,17-19,21,33H,7-10,27H2,1-2H3,(H2,26,34)(H,28,29)(H,30,36)(H,31,35)(H,32,37)(H,38,39). The first-order chi connectivity index (χ1) is 18.4. The van der Waals surface area contributed by atoms with Gasteiger partial charge in [0, 0.05) is 31.2 Å². The molecule has 1 heterocycles. The normalized spacial score (nSPS) is 14.1. The number of aromatic nitrogens is 2. The Balaban J connectivity index is 2.28. The molecule has 2 aromatic rings. The molecule has 212 valence electrons. The third kappa shape index (κ3) is 10.1. The summed E-state index contributed by atoms with van der Waals surface area (Å²) in [5.74, 6) is -4.43. The van der Waals surface area contributed by atoms with Crippen molar-refractivity contribution in [3.63, 3.8) is 0 Å². The first-order valence-electron chi connectivity index (χ1n) is 12.3. The van der Waals surface area contributed by atoms with Gasteiger partial charge in [-0.2, -0.15) is 0 Å². The van der Waals surface area contributed by atoms with Gasteiger partial charge in [-0.05, 0) is 30.0 Å². The summed E-state index contributed by atoms with van der Waals surface area (Å²) in [6, 6.07) is 1.26. The minimum Gasteiger partial charge on any atom is -0.508 e. The predicted octanol–water partition coefficient (Wildman–Crippen LogP) is -1.31. The summed E-state index contributed by atoms with van der Waals surface area (Å²) in [6.45, 7) is 3.50. The number of amides is 4. The second kappa shape index (κ2) is 14.5. The van der Waals surface area contributed by atoms with Crippen molar-refractivity contribution in [3.05, 3.63) is 48.0 Å². The van der Waals surface area contributed by atoms with Gasteiger partial charge in [0.15, 0.2) is 0 Å². The number of H-pyrrole nitrogens is 1. The number of phenols is 1. The molecule has 39 heavy (non-hydrogen) atoms. The number of aliphatic carboxylic acids is 1. The molecule has 4 unspecified atom stereocenters. The van der Waals surface area contributed by atoms with Crippen LogP contribution in [0.25, 0.3) is 0 Å². The van der Waals surface area contributed by atoms with Crippen molar-refractivity contribution in [1.82, 2.24) is 25.9 Å². The number of carboxylic acids is 1. The van der Waals surface area contributed by atoms with Crippen molar-refractivity contribution in [2.24, 2.45) is 17.4 Å². The van der Waals surface area contributed by atoms with E-state index in [2.05, 4.69) is 25.9 Å². The number of benzene rings is 1. The van der Waals surface area contributed by atoms with Gasteiger partial charge in [-0.15, -0.1) is 0 Å². The van der Waals surface area contributed by atoms with Gasteiger partial charge < -0.3 is 42.6 Å². The fourth-order valence-corrected chi connectivity index (χ4v) is 3.56. The van der Waals surface area contributed by atoms with Gasteiger partial charge in [0.25, 0.3) is 0 Å². The SMILES string of the molecule is CC(C)C(N)C(=O)NC(Cc1ccc(O)cc1)C(=O)NC(Cc1cnc[nH]1)C(=O)NC(CCC(N)=O)C(=O)O. The maximum Gasteiger partial charge on any atom is 0.326 e. The molecule has 0 aliphatic rings. The number of hydrogen-bond acceptors (Lipinski definition) is 8. The molecule has 14 heteroatoms. The third-order valence-corrected chi connectivity index (χ3v) is 5.94. The quantitative estimate of drug-likeness (QED) is 0.132. The third-order valence-electron chi connectivity index (χ3n) is 5.94. The number of primary amides is 1. The second-order valence-electron chi connectivity index (χ2n) is 9.45. The number of aromatic hydroxyl groups is 1. The number of nitrogens with one attached hydrogen (secondary N) is 4. The second-order valence-corrected chi connectivity index (χ2v) is 9.45. The average Bonchev–Trinajstić information content (AvgIpc) is 3.39. The number of hydrogen-bond donors (Lipinski definition) is 8. The Morgan fingerprint density at radius 3 is 2.00 bits per heavy atom. The van der Waals surface area contributed by atoms with Crippen LogP contribution in [0.2, 0.25) is 0 Å². The van der Waals surface area contributed by atoms with E-state index >= 15 is 0 Å². The Morgan fingerprint density at radius 2 is 1.49 bits per heavy atom. The highest BCUT2D eigenvalue weighted by atomic mass is 16.4. The molecular formula is C25H35N7O7. The minimum atomic E-state index is -1.43. The largest absolute Gasteiger partial charge is 0.508 e. The van der Waals surface area contributed by atoms with E-state index in [1.807, 2.05) is 0 Å². The lowest BCUT2D eigenvalue weighted by Gasteiger charge is -2.25. The summed E-state index contributed by atoms with van der Waals surface area (Å²) in [5, 5.41) is 26.6. The van der Waals surface area contributed by atoms with Crippen molar-refractivity contribution < 1.29 is 34.2 Å². The molecule has 10 N–H and O–H groups in total. The number of nitrogens with two attached hydrogens (primary N) is 2. The topological polar surface area (TPSA) is 243 Å². The number of imidazole rings is 1. The van der Waals surface area contributed by atoms with Crippen LogP contribution in [0.15, 0.2) is 36.8 Å². The summed E-state index contributed by atoms with van der Waals surface area (Å²) in [7, 11) is 0. The van der Waals surface area contributed by atoms with Gasteiger partial charge in [0.05, 0.1) is 12.4 Å². The number of nitrogens with zero attached hydrogens (tertiary/aromatic N) is 1. The summed E-state index contributed by atoms with van der Waals surface area (Å²) >= 11 is 0. The van der Waals surface area contributed by atoms with Crippen LogP contribution < -0.4 is 27.4 Å². The highest BCUT2D eigenvalue weighted by Gasteiger charge is 2.31. The van der Waals surface area contributed by atoms with Gasteiger partial charge in [-0.3, -0.25) is 19.2 Å². The first-order valence-corrected chi connectivity index (χ1v) is 12.3. The molecule has 4 atom stereocenters. The van der Waals surface area contributed by atoms with Crippen molar-refractivity contribution in [2.45, 2.75) is 63.7 Å². The van der Waals surface area contributed by atoms with Crippen LogP contribution >= 0.6 is 0 Å². The molecule has 1 aromatic carbocycles. The van der Waals surface area contributed by atoms with E-state index in [1.165, 1.54) is 24.7 Å². The van der Waals surface area contributed by atoms with E-state index in [0.29, 0.717) is 11.3 Å². The number of aromatic amines is 1. The van der Waals surface area contributed by atoms with Crippen LogP contribution in [0.1, 0.15) is 37.9 Å². The number of carbonyl (C=O) groups is 5. The van der Waals surface area contributed by atoms with E-state index in [-0.39, 0.29) is 37.4 Å². The lowest BCUT2D eigenvalue weighted by Crippen LogP contribution is -2.58. The number of phenolic OH excluding ortho intramolecular Hbond substituents is 1. The van der Waals surface area contributed by atoms with E-state index in [4.69, 9.17) is 11.5 Å². The highest BCUT2D eigenvalue weighted by molar-refractivity contribution is 5.94. The van der Waals surface area contributed by atoms with Crippen LogP contribution in [0.3, 0.4) is 0 Å². The molecule has 0 spiro atoms. The molecular weight excluding hydrogens is 510 g/mol. The van der Waals surface area contributed by atoms with E-state index in [1.54, 1.807) is 26.0 Å². The van der Waals surface area contributed by atoms with Crippen LogP contribution in [0, 0.1) is 5.92 Å². The molecule has 0 fully saturated rings. The zero-order valence-electron chi connectivity index (χ0n) is 21.7. The molecule has 0 saturated heterocycles. The lowest BCUT2D eigenvalue weighted by molar-refractivity contribution is -0.142. The van der Waals surface area contributed by atoms with Crippen molar-refractivity contribution >= 4 is 29.6 Å². The Kier molecular flexibility index (Phi) is 11.4. The maximum atomic E-state index is 13.4. The van der Waals surface area contributed by atoms with Crippen molar-refractivity contribution in [3.8, 4) is 5.75 Å². The van der Waals surface area contributed by atoms with Crippen molar-refractivity contribution in [1.29, 1.82) is 0 Å². The Morgan fingerprint density at radius 1 is 0.923 bits per heavy atom. The smallest absolute Gasteiger partial charge is 0.326 e. The zero-order chi connectivity index (χ0) is 29.1. The van der Waals surface area contributed by atoms with Gasteiger partial charge in [0.1, 0.15) is 23.9 Å². The highest BCUT2D eigenvalue weighted by Crippen LogP contribution is 2.12. The summed E-state index contributed by atoms with van der Waals surface area (Å²) in [5.41, 5.74) is 12.1. The van der Waals surface area contributed by atoms with E-state index in [9.17, 15) is 34.2 Å². The van der Waals surface area contributed by atoms with Gasteiger partial charge in [-0.25, -0.2) is 9.78 Å². The van der Waals surface area contributed by atoms with Crippen molar-refractivity contribution in [2.75, 3.05) is 0 Å². The summed E-state index contributed by atoms with van der Waals surface area (Å²) in [4.78, 5) is 68.7. The first kappa shape index (κ1) is 30.8. The summed E-state index contributed by atoms with van der Waals surface area (Å²) < 4.78 is 0. The van der Waals surface area contributed by atoms with E-state index < -0.39 is 53.8 Å². The Labute approximate surface area is 224 Å². The van der Waals surface area contributed by atoms with Crippen LogP contribution in [0.5, 0.6) is 5.75 Å². The molecule has 0 aliphatic carbocycles. The molecule has 2 rings (SSSR count). The summed E-state index contributed by atoms with van der Waals surface area (Å²) in [6.07, 6.45) is 2.23. The van der Waals surface area contributed by atoms with E-state index in [0.717, 1.165) is 0 Å². The van der Waals surface area contributed by atoms with Crippen LogP contribution in [-0.2, 0) is 36.8 Å². The monoisotopic (exact) mass is 545 g/mol. The number of carbonyl (C=O) groups excluding carboxylic acids is 4. The number of carboxylic acid groups (broad SMARTS) is 1. The predicted molar refractivity (Wildman–Crippen MR) is 139 cm³/mol. The molecule has 1 aromatic heterocycles. The average molecular weight is 546 g/mol. The molecule has 0 saturated carbocycles. The maximum absolute atomic E-state index is 13.4. The molecule has 0 aliphatic heterocycles. The molecule has 0 radical (unpaired) electrons. The zero-order valence-corrected chi connectivity index (χ0v) is 21.7. The van der Waals surface area contributed by atoms with Crippen LogP contribution in [0.4, 0.5) is 0 Å². The lowest BCUT2D eigenvalue weighted by atomic mass is 10.0. The van der Waals surface area contributed by atoms with Gasteiger partial charge >= 0.3 is 5.97 Å². The van der Waals surface area contributed by atoms with Gasteiger partial charge in [-0.1, -0.05) is 26.0 Å².